The Hall–Kier alpha value is -0.120. The molecule has 3 nitrogen and oxygen atoms in total. The minimum absolute atomic E-state index is 0.473. The highest BCUT2D eigenvalue weighted by atomic mass is 16.5. The molecule has 1 fully saturated rings. The zero-order chi connectivity index (χ0) is 11.1. The molecule has 15 heavy (non-hydrogen) atoms. The van der Waals surface area contributed by atoms with Gasteiger partial charge in [-0.3, -0.25) is 0 Å². The number of likely N-dealkylation sites (N-methyl/N-ethyl adjacent to an activating group) is 1. The highest BCUT2D eigenvalue weighted by Crippen LogP contribution is 2.10. The molecular weight excluding hydrogens is 188 g/mol. The Bertz CT molecular complexity index is 156. The van der Waals surface area contributed by atoms with Crippen LogP contribution >= 0.6 is 0 Å². The first-order chi connectivity index (χ1) is 7.18. The Kier molecular flexibility index (Phi) is 6.22. The Balaban J connectivity index is 1.91. The van der Waals surface area contributed by atoms with Crippen LogP contribution in [-0.4, -0.2) is 50.8 Å². The van der Waals surface area contributed by atoms with Crippen LogP contribution in [0.3, 0.4) is 0 Å². The summed E-state index contributed by atoms with van der Waals surface area (Å²) >= 11 is 0. The van der Waals surface area contributed by atoms with Crippen LogP contribution in [0.5, 0.6) is 0 Å². The van der Waals surface area contributed by atoms with Crippen molar-refractivity contribution in [3.8, 4) is 0 Å². The molecule has 1 atom stereocenters. The standard InChI is InChI=1S/C12H26N2O/c1-11(2)10-14(3)7-6-13-9-12-5-4-8-15-12/h11-13H,4-10H2,1-3H3. The molecule has 1 rings (SSSR count). The van der Waals surface area contributed by atoms with Crippen LogP contribution in [0.2, 0.25) is 0 Å². The molecule has 1 saturated heterocycles. The van der Waals surface area contributed by atoms with Gasteiger partial charge in [0.05, 0.1) is 6.10 Å². The van der Waals surface area contributed by atoms with Gasteiger partial charge in [0.2, 0.25) is 0 Å². The third kappa shape index (κ3) is 6.13. The molecule has 0 aromatic carbocycles. The quantitative estimate of drug-likeness (QED) is 0.647. The molecule has 0 saturated carbocycles. The molecule has 0 radical (unpaired) electrons. The number of nitrogens with one attached hydrogen (secondary N) is 1. The summed E-state index contributed by atoms with van der Waals surface area (Å²) in [6.07, 6.45) is 2.94. The largest absolute Gasteiger partial charge is 0.377 e. The molecule has 0 amide bonds. The molecule has 1 unspecified atom stereocenters. The lowest BCUT2D eigenvalue weighted by Gasteiger charge is -2.19. The topological polar surface area (TPSA) is 24.5 Å². The Morgan fingerprint density at radius 2 is 2.27 bits per heavy atom. The van der Waals surface area contributed by atoms with Crippen LogP contribution in [0.25, 0.3) is 0 Å². The second kappa shape index (κ2) is 7.20. The lowest BCUT2D eigenvalue weighted by atomic mass is 10.2. The molecule has 0 aliphatic carbocycles. The number of hydrogen-bond donors (Lipinski definition) is 1. The predicted molar refractivity (Wildman–Crippen MR) is 64.2 cm³/mol. The predicted octanol–water partition coefficient (Wildman–Crippen LogP) is 1.34. The van der Waals surface area contributed by atoms with Crippen molar-refractivity contribution < 1.29 is 4.74 Å². The monoisotopic (exact) mass is 214 g/mol. The van der Waals surface area contributed by atoms with Crippen LogP contribution in [0, 0.1) is 5.92 Å². The van der Waals surface area contributed by atoms with Gasteiger partial charge < -0.3 is 15.0 Å². The van der Waals surface area contributed by atoms with E-state index in [9.17, 15) is 0 Å². The van der Waals surface area contributed by atoms with Gasteiger partial charge in [-0.25, -0.2) is 0 Å². The molecule has 1 heterocycles. The van der Waals surface area contributed by atoms with E-state index in [0.29, 0.717) is 6.10 Å². The van der Waals surface area contributed by atoms with E-state index in [1.807, 2.05) is 0 Å². The Morgan fingerprint density at radius 1 is 1.47 bits per heavy atom. The second-order valence-electron chi connectivity index (χ2n) is 5.00. The van der Waals surface area contributed by atoms with Crippen LogP contribution < -0.4 is 5.32 Å². The van der Waals surface area contributed by atoms with Crippen LogP contribution in [-0.2, 0) is 4.74 Å². The van der Waals surface area contributed by atoms with E-state index in [2.05, 4.69) is 31.1 Å². The smallest absolute Gasteiger partial charge is 0.0700 e. The Labute approximate surface area is 94.2 Å². The highest BCUT2D eigenvalue weighted by molar-refractivity contribution is 4.68. The van der Waals surface area contributed by atoms with Gasteiger partial charge in [-0.15, -0.1) is 0 Å². The van der Waals surface area contributed by atoms with Crippen molar-refractivity contribution in [2.45, 2.75) is 32.8 Å². The number of nitrogens with zero attached hydrogens (tertiary/aromatic N) is 1. The molecule has 1 aliphatic heterocycles. The van der Waals surface area contributed by atoms with E-state index in [4.69, 9.17) is 4.74 Å². The molecule has 1 aliphatic rings. The van der Waals surface area contributed by atoms with E-state index in [0.717, 1.165) is 32.2 Å². The summed E-state index contributed by atoms with van der Waals surface area (Å²) in [6.45, 7) is 9.89. The first kappa shape index (κ1) is 12.9. The van der Waals surface area contributed by atoms with Gasteiger partial charge in [0, 0.05) is 32.8 Å². The lowest BCUT2D eigenvalue weighted by molar-refractivity contribution is 0.109. The zero-order valence-corrected chi connectivity index (χ0v) is 10.5. The van der Waals surface area contributed by atoms with Gasteiger partial charge in [-0.05, 0) is 25.8 Å². The van der Waals surface area contributed by atoms with Gasteiger partial charge in [0.1, 0.15) is 0 Å². The van der Waals surface area contributed by atoms with Crippen LogP contribution in [0.15, 0.2) is 0 Å². The fourth-order valence-corrected chi connectivity index (χ4v) is 2.05. The third-order valence-electron chi connectivity index (χ3n) is 2.74. The zero-order valence-electron chi connectivity index (χ0n) is 10.5. The van der Waals surface area contributed by atoms with Crippen molar-refractivity contribution >= 4 is 0 Å². The van der Waals surface area contributed by atoms with E-state index < -0.39 is 0 Å². The van der Waals surface area contributed by atoms with Gasteiger partial charge in [0.15, 0.2) is 0 Å². The summed E-state index contributed by atoms with van der Waals surface area (Å²) in [7, 11) is 2.19. The highest BCUT2D eigenvalue weighted by Gasteiger charge is 2.14. The maximum atomic E-state index is 5.55. The second-order valence-corrected chi connectivity index (χ2v) is 5.00. The summed E-state index contributed by atoms with van der Waals surface area (Å²) in [6, 6.07) is 0. The summed E-state index contributed by atoms with van der Waals surface area (Å²) in [5, 5.41) is 3.46. The normalized spacial score (nSPS) is 21.8. The minimum Gasteiger partial charge on any atom is -0.377 e. The summed E-state index contributed by atoms with van der Waals surface area (Å²) < 4.78 is 5.55. The SMILES string of the molecule is CC(C)CN(C)CCNCC1CCCO1. The van der Waals surface area contributed by atoms with Gasteiger partial charge in [0.25, 0.3) is 0 Å². The van der Waals surface area contributed by atoms with Crippen molar-refractivity contribution in [3.05, 3.63) is 0 Å². The average Bonchev–Trinajstić information content (AvgIpc) is 2.63. The summed E-state index contributed by atoms with van der Waals surface area (Å²) in [5.41, 5.74) is 0. The number of hydrogen-bond acceptors (Lipinski definition) is 3. The van der Waals surface area contributed by atoms with Crippen LogP contribution in [0.4, 0.5) is 0 Å². The van der Waals surface area contributed by atoms with Gasteiger partial charge in [-0.1, -0.05) is 13.8 Å². The summed E-state index contributed by atoms with van der Waals surface area (Å²) in [5.74, 6) is 0.758. The van der Waals surface area contributed by atoms with E-state index in [1.54, 1.807) is 0 Å². The molecule has 0 aromatic rings. The lowest BCUT2D eigenvalue weighted by Crippen LogP contribution is -2.34. The summed E-state index contributed by atoms with van der Waals surface area (Å²) in [4.78, 5) is 2.38. The third-order valence-corrected chi connectivity index (χ3v) is 2.74. The molecule has 1 N–H and O–H groups in total. The van der Waals surface area contributed by atoms with E-state index in [1.165, 1.54) is 19.4 Å². The first-order valence-electron chi connectivity index (χ1n) is 6.19. The Morgan fingerprint density at radius 3 is 2.87 bits per heavy atom. The maximum Gasteiger partial charge on any atom is 0.0700 e. The van der Waals surface area contributed by atoms with Crippen molar-refractivity contribution in [3.63, 3.8) is 0 Å². The fourth-order valence-electron chi connectivity index (χ4n) is 2.05. The van der Waals surface area contributed by atoms with Gasteiger partial charge >= 0.3 is 0 Å². The van der Waals surface area contributed by atoms with E-state index in [-0.39, 0.29) is 0 Å². The average molecular weight is 214 g/mol. The van der Waals surface area contributed by atoms with Crippen molar-refractivity contribution in [2.24, 2.45) is 5.92 Å². The van der Waals surface area contributed by atoms with Crippen molar-refractivity contribution in [1.29, 1.82) is 0 Å². The first-order valence-corrected chi connectivity index (χ1v) is 6.19. The number of rotatable bonds is 7. The molecule has 90 valence electrons. The molecule has 0 spiro atoms. The van der Waals surface area contributed by atoms with Crippen molar-refractivity contribution in [2.75, 3.05) is 39.8 Å². The molecule has 3 heteroatoms. The van der Waals surface area contributed by atoms with Crippen LogP contribution in [0.1, 0.15) is 26.7 Å². The fraction of sp³-hybridized carbons (Fsp3) is 1.00. The van der Waals surface area contributed by atoms with Gasteiger partial charge in [-0.2, -0.15) is 0 Å². The molecular formula is C12H26N2O. The van der Waals surface area contributed by atoms with E-state index >= 15 is 0 Å². The number of ether oxygens (including phenoxy) is 1. The molecule has 0 bridgehead atoms. The van der Waals surface area contributed by atoms with Crippen molar-refractivity contribution in [1.82, 2.24) is 10.2 Å². The molecule has 0 aromatic heterocycles. The maximum absolute atomic E-state index is 5.55. The minimum atomic E-state index is 0.473.